The Bertz CT molecular complexity index is 527. The van der Waals surface area contributed by atoms with E-state index in [9.17, 15) is 0 Å². The van der Waals surface area contributed by atoms with Crippen LogP contribution in [-0.2, 0) is 0 Å². The summed E-state index contributed by atoms with van der Waals surface area (Å²) in [7, 11) is 0. The summed E-state index contributed by atoms with van der Waals surface area (Å²) in [5.41, 5.74) is 1.03. The fourth-order valence-electron chi connectivity index (χ4n) is 1.51. The van der Waals surface area contributed by atoms with Crippen molar-refractivity contribution in [3.8, 4) is 24.3 Å². The van der Waals surface area contributed by atoms with Gasteiger partial charge in [-0.3, -0.25) is 5.32 Å². The van der Waals surface area contributed by atoms with Gasteiger partial charge in [0.25, 0.3) is 11.8 Å². The Labute approximate surface area is 106 Å². The molecule has 0 bridgehead atoms. The van der Waals surface area contributed by atoms with Gasteiger partial charge in [0.1, 0.15) is 0 Å². The Morgan fingerprint density at radius 2 is 2.44 bits per heavy atom. The number of nitrogens with zero attached hydrogens (tertiary/aromatic N) is 2. The highest BCUT2D eigenvalue weighted by Crippen LogP contribution is 2.15. The predicted octanol–water partition coefficient (Wildman–Crippen LogP) is 1.23. The van der Waals surface area contributed by atoms with E-state index in [1.165, 1.54) is 0 Å². The second-order valence-corrected chi connectivity index (χ2v) is 3.75. The van der Waals surface area contributed by atoms with Gasteiger partial charge in [-0.05, 0) is 18.1 Å². The SMILES string of the molecule is C#CCCC#CNc1noc(C2=CCCNC2)n1. The first-order valence-electron chi connectivity index (χ1n) is 5.81. The summed E-state index contributed by atoms with van der Waals surface area (Å²) < 4.78 is 5.15. The third-order valence-corrected chi connectivity index (χ3v) is 2.39. The van der Waals surface area contributed by atoms with Crippen LogP contribution in [0.1, 0.15) is 25.2 Å². The lowest BCUT2D eigenvalue weighted by Gasteiger charge is -2.09. The molecule has 2 rings (SSSR count). The van der Waals surface area contributed by atoms with Crippen molar-refractivity contribution in [2.24, 2.45) is 0 Å². The number of unbranched alkanes of at least 4 members (excludes halogenated alkanes) is 1. The standard InChI is InChI=1S/C13H14N4O/c1-2-3-4-5-9-15-13-16-12(18-17-13)11-7-6-8-14-10-11/h1,7,14H,3-4,6,8,10H2,(H,15,17). The van der Waals surface area contributed by atoms with Crippen molar-refractivity contribution in [3.05, 3.63) is 12.0 Å². The Hall–Kier alpha value is -2.24. The van der Waals surface area contributed by atoms with Crippen LogP contribution in [0.5, 0.6) is 0 Å². The van der Waals surface area contributed by atoms with Gasteiger partial charge in [-0.25, -0.2) is 0 Å². The zero-order chi connectivity index (χ0) is 12.6. The highest BCUT2D eigenvalue weighted by atomic mass is 16.5. The fraction of sp³-hybridized carbons (Fsp3) is 0.385. The summed E-state index contributed by atoms with van der Waals surface area (Å²) in [5.74, 6) is 6.31. The summed E-state index contributed by atoms with van der Waals surface area (Å²) in [5, 5.41) is 9.82. The zero-order valence-electron chi connectivity index (χ0n) is 9.99. The van der Waals surface area contributed by atoms with Crippen LogP contribution in [0.25, 0.3) is 5.57 Å². The van der Waals surface area contributed by atoms with Crippen molar-refractivity contribution in [1.82, 2.24) is 15.5 Å². The summed E-state index contributed by atoms with van der Waals surface area (Å²) in [6.45, 7) is 1.75. The first-order chi connectivity index (χ1) is 8.90. The summed E-state index contributed by atoms with van der Waals surface area (Å²) in [6, 6.07) is 2.74. The molecule has 0 saturated carbocycles. The molecule has 1 aromatic heterocycles. The number of nitrogens with one attached hydrogen (secondary N) is 2. The lowest BCUT2D eigenvalue weighted by molar-refractivity contribution is 0.406. The van der Waals surface area contributed by atoms with E-state index in [-0.39, 0.29) is 0 Å². The quantitative estimate of drug-likeness (QED) is 0.474. The number of aromatic nitrogens is 2. The van der Waals surface area contributed by atoms with Gasteiger partial charge >= 0.3 is 0 Å². The first-order valence-corrected chi connectivity index (χ1v) is 5.81. The van der Waals surface area contributed by atoms with Crippen LogP contribution in [0.3, 0.4) is 0 Å². The molecular weight excluding hydrogens is 228 g/mol. The third-order valence-electron chi connectivity index (χ3n) is 2.39. The molecule has 92 valence electrons. The number of anilines is 1. The van der Waals surface area contributed by atoms with Crippen LogP contribution < -0.4 is 10.6 Å². The second-order valence-electron chi connectivity index (χ2n) is 3.75. The van der Waals surface area contributed by atoms with Crippen LogP contribution in [0.15, 0.2) is 10.6 Å². The van der Waals surface area contributed by atoms with E-state index in [4.69, 9.17) is 10.9 Å². The van der Waals surface area contributed by atoms with Crippen LogP contribution in [0.2, 0.25) is 0 Å². The van der Waals surface area contributed by atoms with E-state index in [2.05, 4.69) is 44.7 Å². The molecule has 5 heteroatoms. The molecule has 1 aromatic rings. The fourth-order valence-corrected chi connectivity index (χ4v) is 1.51. The third kappa shape index (κ3) is 3.38. The van der Waals surface area contributed by atoms with Crippen LogP contribution in [0, 0.1) is 24.3 Å². The van der Waals surface area contributed by atoms with E-state index in [0.717, 1.165) is 25.1 Å². The molecule has 1 aliphatic rings. The Balaban J connectivity index is 1.91. The molecule has 1 aliphatic heterocycles. The first kappa shape index (κ1) is 12.2. The molecule has 0 radical (unpaired) electrons. The Morgan fingerprint density at radius 3 is 3.22 bits per heavy atom. The molecule has 2 heterocycles. The summed E-state index contributed by atoms with van der Waals surface area (Å²) in [4.78, 5) is 4.21. The largest absolute Gasteiger partial charge is 0.332 e. The van der Waals surface area contributed by atoms with E-state index >= 15 is 0 Å². The van der Waals surface area contributed by atoms with Gasteiger partial charge in [-0.15, -0.1) is 12.3 Å². The van der Waals surface area contributed by atoms with Crippen molar-refractivity contribution in [2.45, 2.75) is 19.3 Å². The van der Waals surface area contributed by atoms with E-state index in [1.54, 1.807) is 0 Å². The van der Waals surface area contributed by atoms with Crippen molar-refractivity contribution in [1.29, 1.82) is 0 Å². The maximum Gasteiger partial charge on any atom is 0.275 e. The van der Waals surface area contributed by atoms with Gasteiger partial charge in [0.05, 0.1) is 0 Å². The van der Waals surface area contributed by atoms with Gasteiger partial charge < -0.3 is 9.84 Å². The Morgan fingerprint density at radius 1 is 1.50 bits per heavy atom. The lowest BCUT2D eigenvalue weighted by Crippen LogP contribution is -2.21. The zero-order valence-corrected chi connectivity index (χ0v) is 9.99. The van der Waals surface area contributed by atoms with Gasteiger partial charge in [0.2, 0.25) is 0 Å². The highest BCUT2D eigenvalue weighted by Gasteiger charge is 2.12. The molecule has 0 spiro atoms. The predicted molar refractivity (Wildman–Crippen MR) is 69.2 cm³/mol. The average Bonchev–Trinajstić information content (AvgIpc) is 2.88. The monoisotopic (exact) mass is 242 g/mol. The molecule has 0 aromatic carbocycles. The smallest absolute Gasteiger partial charge is 0.275 e. The molecule has 0 unspecified atom stereocenters. The van der Waals surface area contributed by atoms with E-state index < -0.39 is 0 Å². The summed E-state index contributed by atoms with van der Waals surface area (Å²) >= 11 is 0. The molecule has 0 fully saturated rings. The maximum atomic E-state index is 5.15. The van der Waals surface area contributed by atoms with Gasteiger partial charge in [-0.2, -0.15) is 4.98 Å². The van der Waals surface area contributed by atoms with Crippen molar-refractivity contribution < 1.29 is 4.52 Å². The lowest BCUT2D eigenvalue weighted by atomic mass is 10.1. The molecule has 0 aliphatic carbocycles. The minimum atomic E-state index is 0.379. The van der Waals surface area contributed by atoms with Crippen LogP contribution in [0.4, 0.5) is 5.95 Å². The summed E-state index contributed by atoms with van der Waals surface area (Å²) in [6.07, 6.45) is 9.50. The maximum absolute atomic E-state index is 5.15. The highest BCUT2D eigenvalue weighted by molar-refractivity contribution is 5.61. The normalized spacial score (nSPS) is 14.1. The van der Waals surface area contributed by atoms with Crippen LogP contribution in [-0.4, -0.2) is 23.2 Å². The van der Waals surface area contributed by atoms with Crippen LogP contribution >= 0.6 is 0 Å². The molecule has 5 nitrogen and oxygen atoms in total. The molecule has 0 atom stereocenters. The second kappa shape index (κ2) is 6.48. The number of rotatable bonds is 3. The molecule has 18 heavy (non-hydrogen) atoms. The molecular formula is C13H14N4O. The minimum Gasteiger partial charge on any atom is -0.332 e. The van der Waals surface area contributed by atoms with Gasteiger partial charge in [0.15, 0.2) is 0 Å². The van der Waals surface area contributed by atoms with Gasteiger partial charge in [0, 0.05) is 31.0 Å². The van der Waals surface area contributed by atoms with E-state index in [1.807, 2.05) is 0 Å². The number of hydrogen-bond donors (Lipinski definition) is 2. The van der Waals surface area contributed by atoms with E-state index in [0.29, 0.717) is 24.7 Å². The molecule has 0 amide bonds. The Kier molecular flexibility index (Phi) is 4.40. The van der Waals surface area contributed by atoms with Crippen molar-refractivity contribution in [2.75, 3.05) is 18.4 Å². The topological polar surface area (TPSA) is 63.0 Å². The van der Waals surface area contributed by atoms with Gasteiger partial charge in [-0.1, -0.05) is 12.0 Å². The molecule has 2 N–H and O–H groups in total. The minimum absolute atomic E-state index is 0.379. The number of hydrogen-bond acceptors (Lipinski definition) is 5. The van der Waals surface area contributed by atoms with Crippen molar-refractivity contribution >= 4 is 11.5 Å². The average molecular weight is 242 g/mol. The molecule has 0 saturated heterocycles. The van der Waals surface area contributed by atoms with Crippen molar-refractivity contribution in [3.63, 3.8) is 0 Å². The number of terminal acetylenes is 1.